The summed E-state index contributed by atoms with van der Waals surface area (Å²) in [6.45, 7) is 1.81. The van der Waals surface area contributed by atoms with E-state index in [-0.39, 0.29) is 6.61 Å². The molecule has 0 bridgehead atoms. The molecule has 0 saturated carbocycles. The largest absolute Gasteiger partial charge is 0.496 e. The van der Waals surface area contributed by atoms with Crippen LogP contribution in [0.3, 0.4) is 0 Å². The first-order chi connectivity index (χ1) is 9.21. The Hall–Kier alpha value is -2.14. The zero-order chi connectivity index (χ0) is 13.8. The number of aliphatic hydroxyl groups excluding tert-OH is 1. The molecular formula is C14H16N2O3. The van der Waals surface area contributed by atoms with Gasteiger partial charge in [0.25, 0.3) is 0 Å². The van der Waals surface area contributed by atoms with E-state index in [1.165, 1.54) is 6.33 Å². The summed E-state index contributed by atoms with van der Waals surface area (Å²) in [5.41, 5.74) is 3.09. The number of hydrogen-bond donors (Lipinski definition) is 1. The molecule has 1 heterocycles. The van der Waals surface area contributed by atoms with E-state index in [0.717, 1.165) is 22.6 Å². The predicted octanol–water partition coefficient (Wildman–Crippen LogP) is 1.96. The Morgan fingerprint density at radius 2 is 1.79 bits per heavy atom. The van der Waals surface area contributed by atoms with Crippen LogP contribution in [-0.2, 0) is 6.61 Å². The highest BCUT2D eigenvalue weighted by molar-refractivity contribution is 5.68. The number of methoxy groups -OCH3 is 2. The lowest BCUT2D eigenvalue weighted by molar-refractivity contribution is 0.281. The third-order valence-corrected chi connectivity index (χ3v) is 2.98. The summed E-state index contributed by atoms with van der Waals surface area (Å²) in [6, 6.07) is 3.75. The van der Waals surface area contributed by atoms with Crippen molar-refractivity contribution in [3.63, 3.8) is 0 Å². The quantitative estimate of drug-likeness (QED) is 0.910. The second-order valence-electron chi connectivity index (χ2n) is 4.06. The van der Waals surface area contributed by atoms with Gasteiger partial charge in [0.05, 0.1) is 26.5 Å². The van der Waals surface area contributed by atoms with Gasteiger partial charge in [-0.1, -0.05) is 0 Å². The minimum atomic E-state index is -0.116. The smallest absolute Gasteiger partial charge is 0.126 e. The van der Waals surface area contributed by atoms with E-state index in [1.54, 1.807) is 20.4 Å². The fraction of sp³-hybridized carbons (Fsp3) is 0.286. The maximum Gasteiger partial charge on any atom is 0.126 e. The van der Waals surface area contributed by atoms with Gasteiger partial charge in [-0.25, -0.2) is 9.97 Å². The second kappa shape index (κ2) is 5.67. The monoisotopic (exact) mass is 260 g/mol. The lowest BCUT2D eigenvalue weighted by atomic mass is 10.0. The predicted molar refractivity (Wildman–Crippen MR) is 71.2 cm³/mol. The van der Waals surface area contributed by atoms with Crippen molar-refractivity contribution in [2.45, 2.75) is 13.5 Å². The van der Waals surface area contributed by atoms with Crippen molar-refractivity contribution >= 4 is 0 Å². The standard InChI is InChI=1S/C14H16N2O3/c1-9-12(18-2)4-10(5-13(9)19-3)14-11(7-17)6-15-8-16-14/h4-6,8,17H,7H2,1-3H3. The molecule has 1 aromatic heterocycles. The Balaban J connectivity index is 2.62. The minimum absolute atomic E-state index is 0.116. The molecule has 100 valence electrons. The molecule has 1 N–H and O–H groups in total. The summed E-state index contributed by atoms with van der Waals surface area (Å²) in [6.07, 6.45) is 3.05. The number of aromatic nitrogens is 2. The Morgan fingerprint density at radius 1 is 1.16 bits per heavy atom. The average molecular weight is 260 g/mol. The Kier molecular flexibility index (Phi) is 3.97. The van der Waals surface area contributed by atoms with Crippen molar-refractivity contribution in [3.05, 3.63) is 35.8 Å². The highest BCUT2D eigenvalue weighted by Gasteiger charge is 2.13. The van der Waals surface area contributed by atoms with E-state index in [2.05, 4.69) is 9.97 Å². The lowest BCUT2D eigenvalue weighted by Gasteiger charge is -2.13. The first kappa shape index (κ1) is 13.3. The molecule has 0 radical (unpaired) electrons. The molecule has 1 aromatic carbocycles. The summed E-state index contributed by atoms with van der Waals surface area (Å²) < 4.78 is 10.7. The normalized spacial score (nSPS) is 10.3. The minimum Gasteiger partial charge on any atom is -0.496 e. The van der Waals surface area contributed by atoms with Gasteiger partial charge < -0.3 is 14.6 Å². The molecule has 0 saturated heterocycles. The molecule has 0 unspecified atom stereocenters. The van der Waals surface area contributed by atoms with Gasteiger partial charge in [-0.05, 0) is 19.1 Å². The van der Waals surface area contributed by atoms with Crippen LogP contribution < -0.4 is 9.47 Å². The van der Waals surface area contributed by atoms with Crippen LogP contribution in [-0.4, -0.2) is 29.3 Å². The molecule has 0 atom stereocenters. The number of hydrogen-bond acceptors (Lipinski definition) is 5. The number of ether oxygens (including phenoxy) is 2. The van der Waals surface area contributed by atoms with Gasteiger partial charge in [-0.2, -0.15) is 0 Å². The molecular weight excluding hydrogens is 244 g/mol. The SMILES string of the molecule is COc1cc(-c2ncncc2CO)cc(OC)c1C. The van der Waals surface area contributed by atoms with Crippen LogP contribution in [0.1, 0.15) is 11.1 Å². The second-order valence-corrected chi connectivity index (χ2v) is 4.06. The van der Waals surface area contributed by atoms with Gasteiger partial charge in [0.15, 0.2) is 0 Å². The van der Waals surface area contributed by atoms with Crippen LogP contribution in [0.2, 0.25) is 0 Å². The van der Waals surface area contributed by atoms with E-state index in [4.69, 9.17) is 9.47 Å². The molecule has 5 nitrogen and oxygen atoms in total. The van der Waals surface area contributed by atoms with Crippen molar-refractivity contribution in [1.82, 2.24) is 9.97 Å². The maximum atomic E-state index is 9.34. The van der Waals surface area contributed by atoms with E-state index in [0.29, 0.717) is 11.3 Å². The number of nitrogens with zero attached hydrogens (tertiary/aromatic N) is 2. The van der Waals surface area contributed by atoms with Crippen molar-refractivity contribution in [3.8, 4) is 22.8 Å². The average Bonchev–Trinajstić information content (AvgIpc) is 2.47. The Morgan fingerprint density at radius 3 is 2.32 bits per heavy atom. The zero-order valence-electron chi connectivity index (χ0n) is 11.2. The maximum absolute atomic E-state index is 9.34. The topological polar surface area (TPSA) is 64.5 Å². The third kappa shape index (κ3) is 2.51. The van der Waals surface area contributed by atoms with Crippen LogP contribution in [0.5, 0.6) is 11.5 Å². The van der Waals surface area contributed by atoms with E-state index in [9.17, 15) is 5.11 Å². The molecule has 0 amide bonds. The van der Waals surface area contributed by atoms with E-state index in [1.807, 2.05) is 19.1 Å². The molecule has 0 aliphatic heterocycles. The van der Waals surface area contributed by atoms with Crippen molar-refractivity contribution in [2.75, 3.05) is 14.2 Å². The first-order valence-electron chi connectivity index (χ1n) is 5.84. The molecule has 0 spiro atoms. The van der Waals surface area contributed by atoms with Crippen LogP contribution in [0.4, 0.5) is 0 Å². The lowest BCUT2D eigenvalue weighted by Crippen LogP contribution is -1.98. The van der Waals surface area contributed by atoms with Gasteiger partial charge in [0.1, 0.15) is 17.8 Å². The summed E-state index contributed by atoms with van der Waals surface area (Å²) in [7, 11) is 3.22. The summed E-state index contributed by atoms with van der Waals surface area (Å²) >= 11 is 0. The zero-order valence-corrected chi connectivity index (χ0v) is 11.2. The van der Waals surface area contributed by atoms with E-state index >= 15 is 0 Å². The van der Waals surface area contributed by atoms with Crippen LogP contribution in [0, 0.1) is 6.92 Å². The molecule has 5 heteroatoms. The Labute approximate surface area is 111 Å². The summed E-state index contributed by atoms with van der Waals surface area (Å²) in [5, 5.41) is 9.34. The highest BCUT2D eigenvalue weighted by Crippen LogP contribution is 2.34. The molecule has 0 aliphatic rings. The molecule has 19 heavy (non-hydrogen) atoms. The fourth-order valence-electron chi connectivity index (χ4n) is 1.96. The molecule has 0 fully saturated rings. The van der Waals surface area contributed by atoms with Crippen LogP contribution in [0.25, 0.3) is 11.3 Å². The van der Waals surface area contributed by atoms with Crippen LogP contribution >= 0.6 is 0 Å². The van der Waals surface area contributed by atoms with Crippen LogP contribution in [0.15, 0.2) is 24.7 Å². The van der Waals surface area contributed by atoms with Crippen molar-refractivity contribution in [2.24, 2.45) is 0 Å². The Bertz CT molecular complexity index is 560. The summed E-state index contributed by atoms with van der Waals surface area (Å²) in [4.78, 5) is 8.13. The molecule has 2 rings (SSSR count). The van der Waals surface area contributed by atoms with Gasteiger partial charge >= 0.3 is 0 Å². The third-order valence-electron chi connectivity index (χ3n) is 2.98. The number of benzene rings is 1. The number of aliphatic hydroxyl groups is 1. The fourth-order valence-corrected chi connectivity index (χ4v) is 1.96. The number of rotatable bonds is 4. The van der Waals surface area contributed by atoms with Crippen molar-refractivity contribution < 1.29 is 14.6 Å². The first-order valence-corrected chi connectivity index (χ1v) is 5.84. The van der Waals surface area contributed by atoms with Crippen molar-refractivity contribution in [1.29, 1.82) is 0 Å². The molecule has 0 aliphatic carbocycles. The van der Waals surface area contributed by atoms with Gasteiger partial charge in [-0.15, -0.1) is 0 Å². The highest BCUT2D eigenvalue weighted by atomic mass is 16.5. The molecule has 2 aromatic rings. The van der Waals surface area contributed by atoms with Gasteiger partial charge in [0, 0.05) is 22.9 Å². The van der Waals surface area contributed by atoms with Gasteiger partial charge in [0.2, 0.25) is 0 Å². The van der Waals surface area contributed by atoms with E-state index < -0.39 is 0 Å². The van der Waals surface area contributed by atoms with Gasteiger partial charge in [-0.3, -0.25) is 0 Å². The summed E-state index contributed by atoms with van der Waals surface area (Å²) in [5.74, 6) is 1.44.